The number of nitro groups is 1. The first-order chi connectivity index (χ1) is 16.1. The van der Waals surface area contributed by atoms with Gasteiger partial charge < -0.3 is 15.1 Å². The van der Waals surface area contributed by atoms with E-state index in [-0.39, 0.29) is 45.4 Å². The topological polar surface area (TPSA) is 78.7 Å². The van der Waals surface area contributed by atoms with Gasteiger partial charge in [0.05, 0.1) is 21.2 Å². The van der Waals surface area contributed by atoms with Gasteiger partial charge in [0.1, 0.15) is 4.88 Å². The van der Waals surface area contributed by atoms with Gasteiger partial charge in [-0.1, -0.05) is 23.7 Å². The van der Waals surface area contributed by atoms with Crippen molar-refractivity contribution in [3.63, 3.8) is 0 Å². The molecule has 0 bridgehead atoms. The largest absolute Gasteiger partial charge is 0.418 e. The zero-order valence-electron chi connectivity index (χ0n) is 17.3. The van der Waals surface area contributed by atoms with E-state index in [9.17, 15) is 28.1 Å². The van der Waals surface area contributed by atoms with E-state index in [1.165, 1.54) is 36.4 Å². The number of hydrogen-bond donors (Lipinski definition) is 1. The number of amides is 1. The fourth-order valence-electron chi connectivity index (χ4n) is 3.59. The van der Waals surface area contributed by atoms with Gasteiger partial charge in [-0.2, -0.15) is 13.2 Å². The molecular formula is C21H16ClF3N4O3S2. The van der Waals surface area contributed by atoms with E-state index in [4.69, 9.17) is 23.8 Å². The minimum absolute atomic E-state index is 0.0915. The Morgan fingerprint density at radius 1 is 1.12 bits per heavy atom. The number of nitro benzene ring substituents is 1. The van der Waals surface area contributed by atoms with Crippen LogP contribution in [0.4, 0.5) is 24.5 Å². The number of rotatable bonds is 3. The predicted octanol–water partition coefficient (Wildman–Crippen LogP) is 5.64. The zero-order valence-corrected chi connectivity index (χ0v) is 19.7. The van der Waals surface area contributed by atoms with Gasteiger partial charge in [0.25, 0.3) is 11.6 Å². The number of thiocarbonyl (C=S) groups is 1. The maximum atomic E-state index is 13.2. The molecule has 1 aliphatic heterocycles. The van der Waals surface area contributed by atoms with Crippen LogP contribution >= 0.6 is 35.2 Å². The number of piperazine rings is 1. The molecule has 1 amide bonds. The number of para-hydroxylation sites is 1. The summed E-state index contributed by atoms with van der Waals surface area (Å²) in [4.78, 5) is 27.1. The highest BCUT2D eigenvalue weighted by atomic mass is 35.5. The van der Waals surface area contributed by atoms with Crippen molar-refractivity contribution in [3.8, 4) is 0 Å². The molecular weight excluding hydrogens is 513 g/mol. The number of halogens is 4. The van der Waals surface area contributed by atoms with Crippen molar-refractivity contribution >= 4 is 67.6 Å². The molecule has 4 rings (SSSR count). The summed E-state index contributed by atoms with van der Waals surface area (Å²) in [5, 5.41) is 14.6. The Kier molecular flexibility index (Phi) is 6.65. The molecule has 1 saturated heterocycles. The van der Waals surface area contributed by atoms with Crippen LogP contribution in [0.1, 0.15) is 15.2 Å². The quantitative estimate of drug-likeness (QED) is 0.269. The van der Waals surface area contributed by atoms with Crippen LogP contribution in [-0.4, -0.2) is 51.9 Å². The summed E-state index contributed by atoms with van der Waals surface area (Å²) in [5.74, 6) is -0.310. The number of thiophene rings is 1. The van der Waals surface area contributed by atoms with Gasteiger partial charge in [-0.25, -0.2) is 0 Å². The molecule has 1 aromatic heterocycles. The lowest BCUT2D eigenvalue weighted by Gasteiger charge is -2.36. The third-order valence-corrected chi connectivity index (χ3v) is 7.35. The Labute approximate surface area is 205 Å². The van der Waals surface area contributed by atoms with E-state index in [0.717, 1.165) is 17.4 Å². The van der Waals surface area contributed by atoms with Crippen LogP contribution in [-0.2, 0) is 6.18 Å². The maximum Gasteiger partial charge on any atom is 0.418 e. The van der Waals surface area contributed by atoms with Crippen LogP contribution in [0.15, 0.2) is 42.5 Å². The summed E-state index contributed by atoms with van der Waals surface area (Å²) in [7, 11) is 0. The number of fused-ring (bicyclic) bond motifs is 1. The summed E-state index contributed by atoms with van der Waals surface area (Å²) in [6, 6.07) is 9.30. The fraction of sp³-hybridized carbons (Fsp3) is 0.238. The van der Waals surface area contributed by atoms with Crippen molar-refractivity contribution in [1.82, 2.24) is 9.80 Å². The van der Waals surface area contributed by atoms with Gasteiger partial charge in [0.15, 0.2) is 5.11 Å². The standard InChI is InChI=1S/C21H16ClF3N4O3S2/c22-17-13-6-5-12(29(31)32)11-16(13)34-18(17)19(30)27-7-9-28(10-8-27)20(33)26-15-4-2-1-3-14(15)21(23,24)25/h1-6,11H,7-10H2,(H,26,33). The molecule has 1 N–H and O–H groups in total. The van der Waals surface area contributed by atoms with Crippen LogP contribution in [0.2, 0.25) is 5.02 Å². The van der Waals surface area contributed by atoms with Crippen LogP contribution < -0.4 is 5.32 Å². The molecule has 178 valence electrons. The highest BCUT2D eigenvalue weighted by Gasteiger charge is 2.34. The molecule has 1 fully saturated rings. The minimum atomic E-state index is -4.52. The van der Waals surface area contributed by atoms with E-state index in [1.54, 1.807) is 9.80 Å². The zero-order chi connectivity index (χ0) is 24.6. The fourth-order valence-corrected chi connectivity index (χ4v) is 5.40. The summed E-state index contributed by atoms with van der Waals surface area (Å²) >= 11 is 12.8. The second kappa shape index (κ2) is 9.35. The van der Waals surface area contributed by atoms with Gasteiger partial charge in [-0.05, 0) is 30.4 Å². The lowest BCUT2D eigenvalue weighted by atomic mass is 10.1. The monoisotopic (exact) mass is 528 g/mol. The smallest absolute Gasteiger partial charge is 0.345 e. The van der Waals surface area contributed by atoms with Crippen molar-refractivity contribution < 1.29 is 22.9 Å². The van der Waals surface area contributed by atoms with Crippen LogP contribution in [0, 0.1) is 10.1 Å². The summed E-state index contributed by atoms with van der Waals surface area (Å²) in [5.41, 5.74) is -1.04. The van der Waals surface area contributed by atoms with Crippen LogP contribution in [0.3, 0.4) is 0 Å². The van der Waals surface area contributed by atoms with Crippen LogP contribution in [0.25, 0.3) is 10.1 Å². The minimum Gasteiger partial charge on any atom is -0.345 e. The SMILES string of the molecule is O=C(c1sc2cc([N+](=O)[O-])ccc2c1Cl)N1CCN(C(=S)Nc2ccccc2C(F)(F)F)CC1. The second-order valence-electron chi connectivity index (χ2n) is 7.44. The van der Waals surface area contributed by atoms with Crippen molar-refractivity contribution in [2.75, 3.05) is 31.5 Å². The first kappa shape index (κ1) is 24.2. The van der Waals surface area contributed by atoms with Crippen molar-refractivity contribution in [1.29, 1.82) is 0 Å². The van der Waals surface area contributed by atoms with Gasteiger partial charge in [0.2, 0.25) is 0 Å². The normalized spacial score (nSPS) is 14.4. The van der Waals surface area contributed by atoms with Gasteiger partial charge >= 0.3 is 6.18 Å². The number of nitrogens with zero attached hydrogens (tertiary/aromatic N) is 3. The Bertz CT molecular complexity index is 1290. The molecule has 0 saturated carbocycles. The number of anilines is 1. The molecule has 0 unspecified atom stereocenters. The van der Waals surface area contributed by atoms with E-state index in [2.05, 4.69) is 5.32 Å². The molecule has 0 aliphatic carbocycles. The van der Waals surface area contributed by atoms with E-state index in [0.29, 0.717) is 23.2 Å². The number of carbonyl (C=O) groups is 1. The Morgan fingerprint density at radius 2 is 1.76 bits per heavy atom. The molecule has 0 radical (unpaired) electrons. The number of hydrogen-bond acceptors (Lipinski definition) is 5. The predicted molar refractivity (Wildman–Crippen MR) is 129 cm³/mol. The molecule has 34 heavy (non-hydrogen) atoms. The molecule has 13 heteroatoms. The summed E-state index contributed by atoms with van der Waals surface area (Å²) in [6.45, 7) is 1.21. The Hall–Kier alpha value is -2.96. The highest BCUT2D eigenvalue weighted by molar-refractivity contribution is 7.80. The van der Waals surface area contributed by atoms with Crippen molar-refractivity contribution in [3.05, 3.63) is 68.0 Å². The summed E-state index contributed by atoms with van der Waals surface area (Å²) in [6.07, 6.45) is -4.52. The van der Waals surface area contributed by atoms with Gasteiger partial charge in [-0.15, -0.1) is 11.3 Å². The first-order valence-corrected chi connectivity index (χ1v) is 11.5. The van der Waals surface area contributed by atoms with E-state index < -0.39 is 16.7 Å². The molecule has 3 aromatic rings. The van der Waals surface area contributed by atoms with E-state index >= 15 is 0 Å². The summed E-state index contributed by atoms with van der Waals surface area (Å²) < 4.78 is 40.2. The molecule has 2 aromatic carbocycles. The number of alkyl halides is 3. The van der Waals surface area contributed by atoms with Crippen molar-refractivity contribution in [2.24, 2.45) is 0 Å². The van der Waals surface area contributed by atoms with Gasteiger partial charge in [0, 0.05) is 48.4 Å². The maximum absolute atomic E-state index is 13.2. The molecule has 2 heterocycles. The Morgan fingerprint density at radius 3 is 2.41 bits per heavy atom. The van der Waals surface area contributed by atoms with Crippen LogP contribution in [0.5, 0.6) is 0 Å². The van der Waals surface area contributed by atoms with Gasteiger partial charge in [-0.3, -0.25) is 14.9 Å². The number of carbonyl (C=O) groups excluding carboxylic acids is 1. The first-order valence-electron chi connectivity index (χ1n) is 9.94. The molecule has 0 spiro atoms. The second-order valence-corrected chi connectivity index (χ2v) is 9.25. The average Bonchev–Trinajstić information content (AvgIpc) is 3.14. The third-order valence-electron chi connectivity index (χ3n) is 5.35. The third kappa shape index (κ3) is 4.79. The average molecular weight is 529 g/mol. The van der Waals surface area contributed by atoms with E-state index in [1.807, 2.05) is 0 Å². The molecule has 7 nitrogen and oxygen atoms in total. The van der Waals surface area contributed by atoms with Crippen molar-refractivity contribution in [2.45, 2.75) is 6.18 Å². The lowest BCUT2D eigenvalue weighted by Crippen LogP contribution is -2.51. The number of non-ortho nitro benzene ring substituents is 1. The lowest BCUT2D eigenvalue weighted by molar-refractivity contribution is -0.384. The Balaban J connectivity index is 1.43. The number of nitrogens with one attached hydrogen (secondary N) is 1. The number of benzene rings is 2. The highest BCUT2D eigenvalue weighted by Crippen LogP contribution is 2.38. The molecule has 0 atom stereocenters. The molecule has 1 aliphatic rings.